The Balaban J connectivity index is 2.21. The summed E-state index contributed by atoms with van der Waals surface area (Å²) in [6, 6.07) is 7.95. The second kappa shape index (κ2) is 5.46. The third-order valence-corrected chi connectivity index (χ3v) is 3.21. The summed E-state index contributed by atoms with van der Waals surface area (Å²) in [4.78, 5) is 4.28. The molecule has 18 heavy (non-hydrogen) atoms. The van der Waals surface area contributed by atoms with Crippen LogP contribution in [-0.2, 0) is 6.42 Å². The van der Waals surface area contributed by atoms with Gasteiger partial charge < -0.3 is 5.73 Å². The van der Waals surface area contributed by atoms with Crippen LogP contribution in [0, 0.1) is 12.7 Å². The Bertz CT molecular complexity index is 557. The number of rotatable bonds is 3. The maximum atomic E-state index is 12.9. The summed E-state index contributed by atoms with van der Waals surface area (Å²) >= 11 is 5.98. The molecule has 0 aliphatic rings. The van der Waals surface area contributed by atoms with Crippen LogP contribution in [0.5, 0.6) is 0 Å². The molecule has 0 amide bonds. The third kappa shape index (κ3) is 2.86. The molecule has 0 saturated carbocycles. The molecule has 94 valence electrons. The van der Waals surface area contributed by atoms with Gasteiger partial charge >= 0.3 is 0 Å². The van der Waals surface area contributed by atoms with E-state index in [2.05, 4.69) is 4.98 Å². The minimum absolute atomic E-state index is 0.242. The van der Waals surface area contributed by atoms with E-state index in [1.165, 1.54) is 12.1 Å². The van der Waals surface area contributed by atoms with E-state index in [-0.39, 0.29) is 11.9 Å². The Morgan fingerprint density at radius 2 is 2.17 bits per heavy atom. The van der Waals surface area contributed by atoms with Crippen LogP contribution in [0.15, 0.2) is 36.5 Å². The molecule has 2 aromatic rings. The van der Waals surface area contributed by atoms with E-state index >= 15 is 0 Å². The molecule has 0 saturated heterocycles. The van der Waals surface area contributed by atoms with E-state index in [4.69, 9.17) is 17.3 Å². The minimum atomic E-state index is -0.341. The Labute approximate surface area is 111 Å². The van der Waals surface area contributed by atoms with Gasteiger partial charge in [0.2, 0.25) is 0 Å². The van der Waals surface area contributed by atoms with Gasteiger partial charge in [0, 0.05) is 11.2 Å². The first-order valence-electron chi connectivity index (χ1n) is 5.69. The van der Waals surface area contributed by atoms with E-state index in [1.54, 1.807) is 12.3 Å². The van der Waals surface area contributed by atoms with Crippen molar-refractivity contribution in [3.05, 3.63) is 64.2 Å². The number of aromatic nitrogens is 1. The van der Waals surface area contributed by atoms with E-state index in [9.17, 15) is 4.39 Å². The highest BCUT2D eigenvalue weighted by molar-refractivity contribution is 6.31. The number of nitrogens with zero attached hydrogens (tertiary/aromatic N) is 1. The van der Waals surface area contributed by atoms with Crippen LogP contribution in [-0.4, -0.2) is 4.98 Å². The molecule has 1 heterocycles. The van der Waals surface area contributed by atoms with Gasteiger partial charge in [-0.05, 0) is 42.7 Å². The monoisotopic (exact) mass is 264 g/mol. The summed E-state index contributed by atoms with van der Waals surface area (Å²) in [5.74, 6) is -0.341. The number of nitrogens with two attached hydrogens (primary N) is 1. The maximum absolute atomic E-state index is 12.9. The summed E-state index contributed by atoms with van der Waals surface area (Å²) < 4.78 is 12.9. The number of hydrogen-bond donors (Lipinski definition) is 1. The average molecular weight is 265 g/mol. The molecule has 1 aromatic carbocycles. The molecule has 4 heteroatoms. The van der Waals surface area contributed by atoms with Crippen molar-refractivity contribution < 1.29 is 4.39 Å². The van der Waals surface area contributed by atoms with Crippen molar-refractivity contribution in [1.82, 2.24) is 4.98 Å². The minimum Gasteiger partial charge on any atom is -0.322 e. The predicted molar refractivity (Wildman–Crippen MR) is 71.0 cm³/mol. The molecule has 0 radical (unpaired) electrons. The van der Waals surface area contributed by atoms with Crippen molar-refractivity contribution in [1.29, 1.82) is 0 Å². The molecule has 2 N–H and O–H groups in total. The second-order valence-electron chi connectivity index (χ2n) is 4.25. The number of halogens is 2. The summed E-state index contributed by atoms with van der Waals surface area (Å²) in [5, 5.41) is 0.402. The Morgan fingerprint density at radius 3 is 2.83 bits per heavy atom. The maximum Gasteiger partial charge on any atom is 0.124 e. The Morgan fingerprint density at radius 1 is 1.39 bits per heavy atom. The van der Waals surface area contributed by atoms with Crippen molar-refractivity contribution in [2.24, 2.45) is 5.73 Å². The zero-order valence-corrected chi connectivity index (χ0v) is 10.8. The highest BCUT2D eigenvalue weighted by Crippen LogP contribution is 2.23. The van der Waals surface area contributed by atoms with Gasteiger partial charge in [-0.3, -0.25) is 4.98 Å². The first-order valence-corrected chi connectivity index (χ1v) is 6.06. The highest BCUT2D eigenvalue weighted by atomic mass is 35.5. The lowest BCUT2D eigenvalue weighted by atomic mass is 10.0. The zero-order valence-electron chi connectivity index (χ0n) is 10.0. The molecule has 1 aromatic heterocycles. The van der Waals surface area contributed by atoms with E-state index in [0.717, 1.165) is 16.8 Å². The molecule has 1 atom stereocenters. The molecule has 0 aliphatic heterocycles. The van der Waals surface area contributed by atoms with Crippen LogP contribution >= 0.6 is 11.6 Å². The van der Waals surface area contributed by atoms with E-state index in [1.807, 2.05) is 19.1 Å². The van der Waals surface area contributed by atoms with Crippen LogP contribution in [0.2, 0.25) is 5.02 Å². The standard InChI is InChI=1S/C14H14ClFN2/c1-9-3-2-6-18-14(9)13(17)7-10-4-5-11(16)8-12(10)15/h2-6,8,13H,7,17H2,1H3. The molecular weight excluding hydrogens is 251 g/mol. The van der Waals surface area contributed by atoms with Crippen LogP contribution in [0.1, 0.15) is 22.9 Å². The van der Waals surface area contributed by atoms with Crippen LogP contribution in [0.3, 0.4) is 0 Å². The van der Waals surface area contributed by atoms with Crippen LogP contribution < -0.4 is 5.73 Å². The Hall–Kier alpha value is -1.45. The van der Waals surface area contributed by atoms with Gasteiger partial charge in [-0.2, -0.15) is 0 Å². The number of aryl methyl sites for hydroxylation is 1. The van der Waals surface area contributed by atoms with Gasteiger partial charge in [0.05, 0.1) is 11.7 Å². The van der Waals surface area contributed by atoms with Gasteiger partial charge in [0.1, 0.15) is 5.82 Å². The lowest BCUT2D eigenvalue weighted by molar-refractivity contribution is 0.625. The lowest BCUT2D eigenvalue weighted by Crippen LogP contribution is -2.16. The van der Waals surface area contributed by atoms with E-state index < -0.39 is 0 Å². The van der Waals surface area contributed by atoms with Gasteiger partial charge in [0.25, 0.3) is 0 Å². The summed E-state index contributed by atoms with van der Waals surface area (Å²) in [5.41, 5.74) is 8.84. The molecule has 0 spiro atoms. The van der Waals surface area contributed by atoms with Crippen molar-refractivity contribution >= 4 is 11.6 Å². The fraction of sp³-hybridized carbons (Fsp3) is 0.214. The lowest BCUT2D eigenvalue weighted by Gasteiger charge is -2.14. The molecule has 0 aliphatic carbocycles. The largest absolute Gasteiger partial charge is 0.322 e. The molecule has 1 unspecified atom stereocenters. The van der Waals surface area contributed by atoms with Gasteiger partial charge in [-0.25, -0.2) is 4.39 Å². The SMILES string of the molecule is Cc1cccnc1C(N)Cc1ccc(F)cc1Cl. The third-order valence-electron chi connectivity index (χ3n) is 2.86. The van der Waals surface area contributed by atoms with Crippen LogP contribution in [0.25, 0.3) is 0 Å². The smallest absolute Gasteiger partial charge is 0.124 e. The number of pyridine rings is 1. The van der Waals surface area contributed by atoms with Crippen LogP contribution in [0.4, 0.5) is 4.39 Å². The van der Waals surface area contributed by atoms with Crippen molar-refractivity contribution in [3.8, 4) is 0 Å². The molecule has 2 nitrogen and oxygen atoms in total. The van der Waals surface area contributed by atoms with E-state index in [0.29, 0.717) is 11.4 Å². The van der Waals surface area contributed by atoms with Crippen molar-refractivity contribution in [2.75, 3.05) is 0 Å². The number of benzene rings is 1. The highest BCUT2D eigenvalue weighted by Gasteiger charge is 2.13. The first kappa shape index (κ1) is 13.0. The molecular formula is C14H14ClFN2. The fourth-order valence-electron chi connectivity index (χ4n) is 1.91. The van der Waals surface area contributed by atoms with Gasteiger partial charge in [-0.15, -0.1) is 0 Å². The fourth-order valence-corrected chi connectivity index (χ4v) is 2.15. The number of hydrogen-bond acceptors (Lipinski definition) is 2. The summed E-state index contributed by atoms with van der Waals surface area (Å²) in [6.07, 6.45) is 2.26. The topological polar surface area (TPSA) is 38.9 Å². The zero-order chi connectivity index (χ0) is 13.1. The molecule has 2 rings (SSSR count). The van der Waals surface area contributed by atoms with Gasteiger partial charge in [0.15, 0.2) is 0 Å². The molecule has 0 fully saturated rings. The quantitative estimate of drug-likeness (QED) is 0.923. The predicted octanol–water partition coefficient (Wildman–Crippen LogP) is 3.43. The first-order chi connectivity index (χ1) is 8.58. The normalized spacial score (nSPS) is 12.4. The van der Waals surface area contributed by atoms with Crippen molar-refractivity contribution in [2.45, 2.75) is 19.4 Å². The van der Waals surface area contributed by atoms with Crippen molar-refractivity contribution in [3.63, 3.8) is 0 Å². The summed E-state index contributed by atoms with van der Waals surface area (Å²) in [6.45, 7) is 1.97. The molecule has 0 bridgehead atoms. The summed E-state index contributed by atoms with van der Waals surface area (Å²) in [7, 11) is 0. The second-order valence-corrected chi connectivity index (χ2v) is 4.66. The average Bonchev–Trinajstić information content (AvgIpc) is 2.33. The van der Waals surface area contributed by atoms with Gasteiger partial charge in [-0.1, -0.05) is 23.7 Å². The Kier molecular flexibility index (Phi) is 3.94.